The van der Waals surface area contributed by atoms with Crippen molar-refractivity contribution >= 4 is 34.7 Å². The Kier molecular flexibility index (Phi) is 7.52. The van der Waals surface area contributed by atoms with Crippen LogP contribution in [-0.4, -0.2) is 35.9 Å². The zero-order chi connectivity index (χ0) is 27.6. The quantitative estimate of drug-likeness (QED) is 0.249. The van der Waals surface area contributed by atoms with Gasteiger partial charge in [-0.2, -0.15) is 0 Å². The molecule has 38 heavy (non-hydrogen) atoms. The molecule has 8 heteroatoms. The van der Waals surface area contributed by atoms with Crippen molar-refractivity contribution in [3.05, 3.63) is 89.0 Å². The van der Waals surface area contributed by atoms with Gasteiger partial charge in [-0.25, -0.2) is 0 Å². The van der Waals surface area contributed by atoms with E-state index >= 15 is 0 Å². The van der Waals surface area contributed by atoms with Crippen molar-refractivity contribution in [3.63, 3.8) is 0 Å². The molecule has 2 N–H and O–H groups in total. The Morgan fingerprint density at radius 1 is 1.00 bits per heavy atom. The first-order valence-corrected chi connectivity index (χ1v) is 12.2. The van der Waals surface area contributed by atoms with Gasteiger partial charge in [-0.15, -0.1) is 0 Å². The lowest BCUT2D eigenvalue weighted by Gasteiger charge is -2.26. The molecule has 8 nitrogen and oxygen atoms in total. The van der Waals surface area contributed by atoms with Gasteiger partial charge in [-0.05, 0) is 86.5 Å². The number of aliphatic hydroxyl groups excluding tert-OH is 1. The molecule has 196 valence electrons. The molecule has 4 rings (SSSR count). The molecular weight excluding hydrogens is 484 g/mol. The fourth-order valence-electron chi connectivity index (χ4n) is 4.45. The maximum atomic E-state index is 13.4. The van der Waals surface area contributed by atoms with Crippen LogP contribution >= 0.6 is 0 Å². The number of carbonyl (C=O) groups excluding carboxylic acids is 3. The predicted molar refractivity (Wildman–Crippen MR) is 145 cm³/mol. The lowest BCUT2D eigenvalue weighted by molar-refractivity contribution is -0.132. The van der Waals surface area contributed by atoms with Gasteiger partial charge in [0, 0.05) is 23.9 Å². The minimum atomic E-state index is -0.889. The summed E-state index contributed by atoms with van der Waals surface area (Å²) in [7, 11) is 1.55. The minimum absolute atomic E-state index is 0.0226. The molecule has 2 amide bonds. The molecule has 3 aromatic carbocycles. The SMILES string of the molecule is COc1ccc(C2/C(=C(/O)c3ccc(OC(C)C)c(C)c3)C(=O)C(=O)N2c2ccc(NC(C)=O)cc2)cc1. The summed E-state index contributed by atoms with van der Waals surface area (Å²) in [5, 5.41) is 14.1. The number of benzene rings is 3. The predicted octanol–water partition coefficient (Wildman–Crippen LogP) is 5.38. The van der Waals surface area contributed by atoms with Gasteiger partial charge < -0.3 is 19.9 Å². The van der Waals surface area contributed by atoms with Crippen molar-refractivity contribution in [2.24, 2.45) is 0 Å². The van der Waals surface area contributed by atoms with Crippen molar-refractivity contribution in [1.29, 1.82) is 0 Å². The van der Waals surface area contributed by atoms with Crippen LogP contribution in [0.4, 0.5) is 11.4 Å². The van der Waals surface area contributed by atoms with Gasteiger partial charge in [-0.1, -0.05) is 12.1 Å². The third-order valence-electron chi connectivity index (χ3n) is 6.15. The summed E-state index contributed by atoms with van der Waals surface area (Å²) in [6.45, 7) is 7.10. The second kappa shape index (κ2) is 10.8. The number of carbonyl (C=O) groups is 3. The first kappa shape index (κ1) is 26.5. The van der Waals surface area contributed by atoms with Gasteiger partial charge in [0.2, 0.25) is 5.91 Å². The van der Waals surface area contributed by atoms with Gasteiger partial charge in [0.1, 0.15) is 17.3 Å². The third kappa shape index (κ3) is 5.25. The van der Waals surface area contributed by atoms with Gasteiger partial charge in [-0.3, -0.25) is 19.3 Å². The first-order chi connectivity index (χ1) is 18.1. The molecule has 0 aliphatic carbocycles. The van der Waals surface area contributed by atoms with Gasteiger partial charge in [0.15, 0.2) is 0 Å². The van der Waals surface area contributed by atoms with Crippen LogP contribution < -0.4 is 19.7 Å². The maximum absolute atomic E-state index is 13.4. The van der Waals surface area contributed by atoms with Crippen LogP contribution in [0.25, 0.3) is 5.76 Å². The summed E-state index contributed by atoms with van der Waals surface area (Å²) in [5.41, 5.74) is 2.77. The standard InChI is InChI=1S/C30H30N2O6/c1-17(2)38-25-15-8-21(16-18(25)3)28(34)26-27(20-6-13-24(37-5)14-7-20)32(30(36)29(26)35)23-11-9-22(10-12-23)31-19(4)33/h6-17,27,34H,1-5H3,(H,31,33)/b28-26-. The lowest BCUT2D eigenvalue weighted by atomic mass is 9.94. The Balaban J connectivity index is 1.85. The fraction of sp³-hybridized carbons (Fsp3) is 0.233. The average molecular weight is 515 g/mol. The molecular formula is C30H30N2O6. The zero-order valence-corrected chi connectivity index (χ0v) is 21.9. The Hall–Kier alpha value is -4.59. The number of aryl methyl sites for hydroxylation is 1. The highest BCUT2D eigenvalue weighted by Crippen LogP contribution is 2.43. The molecule has 0 spiro atoms. The fourth-order valence-corrected chi connectivity index (χ4v) is 4.45. The number of amides is 2. The highest BCUT2D eigenvalue weighted by Gasteiger charge is 2.47. The summed E-state index contributed by atoms with van der Waals surface area (Å²) < 4.78 is 11.1. The molecule has 0 bridgehead atoms. The summed E-state index contributed by atoms with van der Waals surface area (Å²) in [6.07, 6.45) is -0.0226. The molecule has 0 radical (unpaired) electrons. The van der Waals surface area contributed by atoms with E-state index in [1.165, 1.54) is 11.8 Å². The zero-order valence-electron chi connectivity index (χ0n) is 21.9. The smallest absolute Gasteiger partial charge is 0.300 e. The average Bonchev–Trinajstić information content (AvgIpc) is 3.15. The molecule has 1 aliphatic rings. The van der Waals surface area contributed by atoms with E-state index in [4.69, 9.17) is 9.47 Å². The lowest BCUT2D eigenvalue weighted by Crippen LogP contribution is -2.29. The van der Waals surface area contributed by atoms with E-state index < -0.39 is 17.7 Å². The number of aliphatic hydroxyl groups is 1. The van der Waals surface area contributed by atoms with Crippen LogP contribution in [-0.2, 0) is 14.4 Å². The van der Waals surface area contributed by atoms with E-state index in [0.29, 0.717) is 34.0 Å². The van der Waals surface area contributed by atoms with E-state index in [1.54, 1.807) is 73.8 Å². The largest absolute Gasteiger partial charge is 0.507 e. The molecule has 0 saturated carbocycles. The van der Waals surface area contributed by atoms with Crippen molar-refractivity contribution < 1.29 is 29.0 Å². The van der Waals surface area contributed by atoms with E-state index in [0.717, 1.165) is 5.56 Å². The Labute approximate surface area is 221 Å². The molecule has 0 aromatic heterocycles. The molecule has 1 fully saturated rings. The van der Waals surface area contributed by atoms with Crippen LogP contribution in [0.3, 0.4) is 0 Å². The number of nitrogens with zero attached hydrogens (tertiary/aromatic N) is 1. The number of rotatable bonds is 7. The number of hydrogen-bond donors (Lipinski definition) is 2. The number of nitrogens with one attached hydrogen (secondary N) is 1. The van der Waals surface area contributed by atoms with E-state index in [-0.39, 0.29) is 23.3 Å². The maximum Gasteiger partial charge on any atom is 0.300 e. The number of hydrogen-bond acceptors (Lipinski definition) is 6. The summed E-state index contributed by atoms with van der Waals surface area (Å²) >= 11 is 0. The summed E-state index contributed by atoms with van der Waals surface area (Å²) in [4.78, 5) is 39.6. The third-order valence-corrected chi connectivity index (χ3v) is 6.15. The summed E-state index contributed by atoms with van der Waals surface area (Å²) in [6, 6.07) is 17.8. The molecule has 1 saturated heterocycles. The molecule has 1 aliphatic heterocycles. The highest BCUT2D eigenvalue weighted by atomic mass is 16.5. The van der Waals surface area contributed by atoms with Gasteiger partial charge in [0.25, 0.3) is 11.7 Å². The van der Waals surface area contributed by atoms with Crippen molar-refractivity contribution in [2.75, 3.05) is 17.3 Å². The number of ether oxygens (including phenoxy) is 2. The number of anilines is 2. The second-order valence-corrected chi connectivity index (χ2v) is 9.32. The van der Waals surface area contributed by atoms with E-state index in [1.807, 2.05) is 20.8 Å². The number of methoxy groups -OCH3 is 1. The van der Waals surface area contributed by atoms with Crippen molar-refractivity contribution in [1.82, 2.24) is 0 Å². The van der Waals surface area contributed by atoms with Crippen LogP contribution in [0, 0.1) is 6.92 Å². The topological polar surface area (TPSA) is 105 Å². The minimum Gasteiger partial charge on any atom is -0.507 e. The van der Waals surface area contributed by atoms with Crippen molar-refractivity contribution in [2.45, 2.75) is 39.8 Å². The van der Waals surface area contributed by atoms with Crippen LogP contribution in [0.2, 0.25) is 0 Å². The number of ketones is 1. The summed E-state index contributed by atoms with van der Waals surface area (Å²) in [5.74, 6) is -0.785. The normalized spacial score (nSPS) is 16.6. The van der Waals surface area contributed by atoms with Crippen molar-refractivity contribution in [3.8, 4) is 11.5 Å². The molecule has 1 heterocycles. The Morgan fingerprint density at radius 2 is 1.66 bits per heavy atom. The number of Topliss-reactive ketones (excluding diaryl/α,β-unsaturated/α-hetero) is 1. The highest BCUT2D eigenvalue weighted by molar-refractivity contribution is 6.51. The van der Waals surface area contributed by atoms with Gasteiger partial charge >= 0.3 is 0 Å². The van der Waals surface area contributed by atoms with E-state index in [9.17, 15) is 19.5 Å². The molecule has 1 atom stereocenters. The van der Waals surface area contributed by atoms with Crippen LogP contribution in [0.5, 0.6) is 11.5 Å². The monoisotopic (exact) mass is 514 g/mol. The van der Waals surface area contributed by atoms with Crippen LogP contribution in [0.15, 0.2) is 72.3 Å². The first-order valence-electron chi connectivity index (χ1n) is 12.2. The Morgan fingerprint density at radius 3 is 2.21 bits per heavy atom. The second-order valence-electron chi connectivity index (χ2n) is 9.32. The van der Waals surface area contributed by atoms with E-state index in [2.05, 4.69) is 5.32 Å². The van der Waals surface area contributed by atoms with Crippen LogP contribution in [0.1, 0.15) is 43.5 Å². The molecule has 3 aromatic rings. The molecule has 1 unspecified atom stereocenters. The van der Waals surface area contributed by atoms with Gasteiger partial charge in [0.05, 0.1) is 24.8 Å². The Bertz CT molecular complexity index is 1410.